The minimum atomic E-state index is 1.09. The lowest BCUT2D eigenvalue weighted by molar-refractivity contribution is 0.790. The molecule has 0 atom stereocenters. The van der Waals surface area contributed by atoms with E-state index in [1.165, 1.54) is 32.1 Å². The molecule has 1 rings (SSSR count). The molecule has 0 unspecified atom stereocenters. The van der Waals surface area contributed by atoms with Crippen LogP contribution in [0.2, 0.25) is 0 Å². The van der Waals surface area contributed by atoms with E-state index in [1.54, 1.807) is 5.57 Å². The van der Waals surface area contributed by atoms with Gasteiger partial charge in [-0.2, -0.15) is 0 Å². The van der Waals surface area contributed by atoms with Gasteiger partial charge in [-0.05, 0) is 32.1 Å². The van der Waals surface area contributed by atoms with Crippen LogP contribution in [0.5, 0.6) is 0 Å². The Bertz CT molecular complexity index is 101. The molecule has 51 valence electrons. The summed E-state index contributed by atoms with van der Waals surface area (Å²) in [4.78, 5) is 0. The van der Waals surface area contributed by atoms with Crippen LogP contribution < -0.4 is 0 Å². The molecule has 1 aliphatic carbocycles. The van der Waals surface area contributed by atoms with Crippen LogP contribution in [0.1, 0.15) is 38.5 Å². The minimum absolute atomic E-state index is 1.09. The zero-order valence-corrected chi connectivity index (χ0v) is 6.03. The molecule has 1 radical (unpaired) electrons. The molecule has 0 heterocycles. The van der Waals surface area contributed by atoms with Crippen LogP contribution in [0, 0.1) is 6.92 Å². The average molecular weight is 123 g/mol. The lowest BCUT2D eigenvalue weighted by Crippen LogP contribution is -1.77. The molecule has 0 amide bonds. The van der Waals surface area contributed by atoms with Gasteiger partial charge in [-0.3, -0.25) is 0 Å². The zero-order valence-electron chi connectivity index (χ0n) is 6.03. The molecular weight excluding hydrogens is 108 g/mol. The average Bonchev–Trinajstić information content (AvgIpc) is 2.34. The molecule has 0 aromatic rings. The van der Waals surface area contributed by atoms with Gasteiger partial charge in [0.1, 0.15) is 0 Å². The van der Waals surface area contributed by atoms with Crippen molar-refractivity contribution in [3.63, 3.8) is 0 Å². The van der Waals surface area contributed by atoms with E-state index in [0.717, 1.165) is 6.42 Å². The van der Waals surface area contributed by atoms with Crippen molar-refractivity contribution in [2.45, 2.75) is 38.5 Å². The third-order valence-corrected chi connectivity index (χ3v) is 1.88. The predicted molar refractivity (Wildman–Crippen MR) is 41.1 cm³/mol. The Hall–Kier alpha value is -0.260. The second-order valence-electron chi connectivity index (χ2n) is 2.71. The molecule has 0 fully saturated rings. The lowest BCUT2D eigenvalue weighted by atomic mass is 10.1. The van der Waals surface area contributed by atoms with E-state index < -0.39 is 0 Å². The van der Waals surface area contributed by atoms with Gasteiger partial charge in [0.2, 0.25) is 0 Å². The van der Waals surface area contributed by atoms with Gasteiger partial charge in [-0.1, -0.05) is 25.0 Å². The number of rotatable bonds is 3. The van der Waals surface area contributed by atoms with Gasteiger partial charge in [0.15, 0.2) is 0 Å². The van der Waals surface area contributed by atoms with Crippen LogP contribution in [0.3, 0.4) is 0 Å². The fraction of sp³-hybridized carbons (Fsp3) is 0.667. The van der Waals surface area contributed by atoms with Gasteiger partial charge in [-0.25, -0.2) is 0 Å². The summed E-state index contributed by atoms with van der Waals surface area (Å²) in [5.74, 6) is 0. The predicted octanol–water partition coefficient (Wildman–Crippen LogP) is 3.10. The topological polar surface area (TPSA) is 0 Å². The quantitative estimate of drug-likeness (QED) is 0.506. The number of unbranched alkanes of at least 4 members (excludes halogenated alkanes) is 1. The molecule has 0 aromatic carbocycles. The number of hydrogen-bond acceptors (Lipinski definition) is 0. The van der Waals surface area contributed by atoms with Crippen LogP contribution in [-0.2, 0) is 0 Å². The molecule has 0 saturated carbocycles. The Labute approximate surface area is 58.0 Å². The first-order valence-electron chi connectivity index (χ1n) is 3.90. The molecule has 0 aromatic heterocycles. The van der Waals surface area contributed by atoms with Crippen LogP contribution in [0.25, 0.3) is 0 Å². The SMILES string of the molecule is [CH2]CCCC1=CCCC1. The van der Waals surface area contributed by atoms with Crippen LogP contribution in [0.4, 0.5) is 0 Å². The fourth-order valence-corrected chi connectivity index (χ4v) is 1.32. The van der Waals surface area contributed by atoms with Crippen molar-refractivity contribution in [2.75, 3.05) is 0 Å². The van der Waals surface area contributed by atoms with Crippen molar-refractivity contribution in [1.82, 2.24) is 0 Å². The monoisotopic (exact) mass is 123 g/mol. The highest BCUT2D eigenvalue weighted by Gasteiger charge is 2.01. The fourth-order valence-electron chi connectivity index (χ4n) is 1.32. The zero-order chi connectivity index (χ0) is 6.53. The summed E-state index contributed by atoms with van der Waals surface area (Å²) in [6.07, 6.45) is 10.2. The van der Waals surface area contributed by atoms with Crippen LogP contribution >= 0.6 is 0 Å². The van der Waals surface area contributed by atoms with Crippen molar-refractivity contribution in [3.8, 4) is 0 Å². The summed E-state index contributed by atoms with van der Waals surface area (Å²) in [5.41, 5.74) is 1.68. The summed E-state index contributed by atoms with van der Waals surface area (Å²) in [6, 6.07) is 0. The molecule has 0 spiro atoms. The largest absolute Gasteiger partial charge is 0.0853 e. The molecule has 9 heavy (non-hydrogen) atoms. The van der Waals surface area contributed by atoms with Crippen molar-refractivity contribution >= 4 is 0 Å². The molecule has 1 aliphatic rings. The maximum atomic E-state index is 3.82. The van der Waals surface area contributed by atoms with Gasteiger partial charge in [-0.15, -0.1) is 0 Å². The first kappa shape index (κ1) is 6.85. The Morgan fingerprint density at radius 1 is 1.56 bits per heavy atom. The van der Waals surface area contributed by atoms with Gasteiger partial charge < -0.3 is 0 Å². The smallest absolute Gasteiger partial charge is 0.0317 e. The van der Waals surface area contributed by atoms with Gasteiger partial charge in [0.25, 0.3) is 0 Å². The first-order valence-corrected chi connectivity index (χ1v) is 3.90. The van der Waals surface area contributed by atoms with Crippen molar-refractivity contribution in [1.29, 1.82) is 0 Å². The summed E-state index contributed by atoms with van der Waals surface area (Å²) in [7, 11) is 0. The molecule has 0 N–H and O–H groups in total. The highest BCUT2D eigenvalue weighted by Crippen LogP contribution is 2.21. The highest BCUT2D eigenvalue weighted by molar-refractivity contribution is 5.06. The standard InChI is InChI=1S/C9H15/c1-2-3-6-9-7-4-5-8-9/h7H,1-6,8H2. The number of hydrogen-bond donors (Lipinski definition) is 0. The second kappa shape index (κ2) is 3.71. The molecule has 0 heteroatoms. The minimum Gasteiger partial charge on any atom is -0.0853 e. The van der Waals surface area contributed by atoms with Crippen LogP contribution in [0.15, 0.2) is 11.6 Å². The van der Waals surface area contributed by atoms with E-state index in [9.17, 15) is 0 Å². The maximum Gasteiger partial charge on any atom is -0.0317 e. The Morgan fingerprint density at radius 3 is 3.00 bits per heavy atom. The van der Waals surface area contributed by atoms with Crippen LogP contribution in [-0.4, -0.2) is 0 Å². The van der Waals surface area contributed by atoms with Gasteiger partial charge in [0.05, 0.1) is 0 Å². The van der Waals surface area contributed by atoms with E-state index in [4.69, 9.17) is 0 Å². The molecular formula is C9H15. The van der Waals surface area contributed by atoms with Crippen molar-refractivity contribution in [2.24, 2.45) is 0 Å². The molecule has 0 bridgehead atoms. The van der Waals surface area contributed by atoms with E-state index in [1.807, 2.05) is 0 Å². The van der Waals surface area contributed by atoms with E-state index in [2.05, 4.69) is 13.0 Å². The molecule has 0 aliphatic heterocycles. The van der Waals surface area contributed by atoms with E-state index in [-0.39, 0.29) is 0 Å². The van der Waals surface area contributed by atoms with Gasteiger partial charge in [0, 0.05) is 0 Å². The molecule has 0 nitrogen and oxygen atoms in total. The maximum absolute atomic E-state index is 3.82. The lowest BCUT2D eigenvalue weighted by Gasteiger charge is -1.96. The third-order valence-electron chi connectivity index (χ3n) is 1.88. The van der Waals surface area contributed by atoms with Crippen molar-refractivity contribution < 1.29 is 0 Å². The normalized spacial score (nSPS) is 18.1. The first-order chi connectivity index (χ1) is 4.43. The second-order valence-corrected chi connectivity index (χ2v) is 2.71. The molecule has 0 saturated heterocycles. The number of allylic oxidation sites excluding steroid dienone is 2. The Kier molecular flexibility index (Phi) is 2.82. The van der Waals surface area contributed by atoms with E-state index in [0.29, 0.717) is 0 Å². The highest BCUT2D eigenvalue weighted by atomic mass is 14.1. The summed E-state index contributed by atoms with van der Waals surface area (Å²) in [6.45, 7) is 3.82. The van der Waals surface area contributed by atoms with E-state index >= 15 is 0 Å². The Balaban J connectivity index is 2.11. The van der Waals surface area contributed by atoms with Gasteiger partial charge >= 0.3 is 0 Å². The summed E-state index contributed by atoms with van der Waals surface area (Å²) < 4.78 is 0. The third kappa shape index (κ3) is 2.21. The summed E-state index contributed by atoms with van der Waals surface area (Å²) in [5, 5.41) is 0. The Morgan fingerprint density at radius 2 is 2.44 bits per heavy atom. The summed E-state index contributed by atoms with van der Waals surface area (Å²) >= 11 is 0. The van der Waals surface area contributed by atoms with Crippen molar-refractivity contribution in [3.05, 3.63) is 18.6 Å².